The number of hydrogen-bond acceptors (Lipinski definition) is 6. The monoisotopic (exact) mass is 1690 g/mol. The molecule has 0 aliphatic heterocycles. The number of pyridine rings is 3. The van der Waals surface area contributed by atoms with E-state index in [1.54, 1.807) is 0 Å². The van der Waals surface area contributed by atoms with Crippen molar-refractivity contribution in [3.63, 3.8) is 0 Å². The zero-order valence-corrected chi connectivity index (χ0v) is 71.9. The fourth-order valence-corrected chi connectivity index (χ4v) is 24.1. The molecule has 0 saturated carbocycles. The summed E-state index contributed by atoms with van der Waals surface area (Å²) < 4.78 is 12.4. The Hall–Kier alpha value is -16.1. The first-order valence-electron chi connectivity index (χ1n) is 43.9. The smallest absolute Gasteiger partial charge is 0.0715 e. The molecule has 129 heavy (non-hydrogen) atoms. The van der Waals surface area contributed by atoms with E-state index in [-0.39, 0.29) is 0 Å². The van der Waals surface area contributed by atoms with Crippen LogP contribution in [0.2, 0.25) is 0 Å². The van der Waals surface area contributed by atoms with Crippen LogP contribution >= 0.6 is 34.0 Å². The average Bonchev–Trinajstić information content (AvgIpc) is 1.67. The van der Waals surface area contributed by atoms with E-state index in [0.29, 0.717) is 0 Å². The normalized spacial score (nSPS) is 12.0. The van der Waals surface area contributed by atoms with Crippen molar-refractivity contribution in [1.29, 1.82) is 0 Å². The Morgan fingerprint density at radius 1 is 0.155 bits per heavy atom. The highest BCUT2D eigenvalue weighted by atomic mass is 32.1. The van der Waals surface area contributed by atoms with Crippen molar-refractivity contribution in [2.75, 3.05) is 0 Å². The van der Waals surface area contributed by atoms with Gasteiger partial charge in [0, 0.05) is 114 Å². The summed E-state index contributed by atoms with van der Waals surface area (Å²) in [6.07, 6.45) is 6.09. The number of hydrogen-bond donors (Lipinski definition) is 0. The Morgan fingerprint density at radius 2 is 0.450 bits per heavy atom. The molecule has 0 radical (unpaired) electrons. The standard InChI is InChI=1S/C45H27N3S.C39H23NS.C37H21NS/c1-5-13-39-32(9-1)33-10-2-6-14-40(33)48(39)31-22-24-42-37(26-31)34-11-3-7-15-41(34)47(42)30-20-17-28(18-21-30)29-19-23-35-38(25-29)46-27-44-45(35)36-12-4-8-16-43(36)49-44;1-2-9-30-28(7-1)29-8-3-4-10-31(29)35-21-26(17-19-32(30)35)24-13-15-25(16-14-24)27-18-20-33-36(22-27)40-23-38-39(33)34-11-5-6-12-37(34)41-38;1-2-7-33-31(6-1)37-30-17-16-26(20-32(30)38-21-34(37)39-33)22-8-10-23(11-9-22)29-18-27-14-12-24-4-3-5-25-13-15-28(19-29)36(27)35(24)25/h1-27H;1-23H;1-21H. The average molecular weight is 1690 g/mol. The minimum absolute atomic E-state index is 1.03. The lowest BCUT2D eigenvalue weighted by atomic mass is 9.91. The highest BCUT2D eigenvalue weighted by Crippen LogP contribution is 2.47. The van der Waals surface area contributed by atoms with Crippen molar-refractivity contribution in [3.05, 3.63) is 431 Å². The van der Waals surface area contributed by atoms with Crippen molar-refractivity contribution >= 4 is 235 Å². The fourth-order valence-electron chi connectivity index (χ4n) is 20.9. The first-order chi connectivity index (χ1) is 63.9. The fraction of sp³-hybridized carbons (Fsp3) is 0. The topological polar surface area (TPSA) is 48.5 Å². The van der Waals surface area contributed by atoms with E-state index >= 15 is 0 Å². The molecule has 21 aromatic carbocycles. The zero-order chi connectivity index (χ0) is 84.5. The van der Waals surface area contributed by atoms with E-state index in [0.717, 1.165) is 22.2 Å². The molecular weight excluding hydrogens is 1620 g/mol. The van der Waals surface area contributed by atoms with Crippen LogP contribution in [0.15, 0.2) is 431 Å². The lowest BCUT2D eigenvalue weighted by molar-refractivity contribution is 1.17. The van der Waals surface area contributed by atoms with Gasteiger partial charge in [-0.15, -0.1) is 34.0 Å². The Labute approximate surface area is 751 Å². The van der Waals surface area contributed by atoms with Crippen molar-refractivity contribution in [3.8, 4) is 67.0 Å². The summed E-state index contributed by atoms with van der Waals surface area (Å²) in [4.78, 5) is 14.6. The van der Waals surface area contributed by atoms with Gasteiger partial charge < -0.3 is 9.13 Å². The third kappa shape index (κ3) is 11.8. The summed E-state index contributed by atoms with van der Waals surface area (Å²) >= 11 is 5.45. The van der Waals surface area contributed by atoms with Gasteiger partial charge in [-0.2, -0.15) is 0 Å². The van der Waals surface area contributed by atoms with Crippen molar-refractivity contribution in [2.24, 2.45) is 0 Å². The summed E-state index contributed by atoms with van der Waals surface area (Å²) in [5, 5.41) is 32.3. The summed E-state index contributed by atoms with van der Waals surface area (Å²) in [6, 6.07) is 151. The number of benzene rings is 21. The Balaban J connectivity index is 0.000000101. The van der Waals surface area contributed by atoms with Crippen LogP contribution in [0.1, 0.15) is 0 Å². The molecule has 0 saturated heterocycles. The molecule has 29 aromatic rings. The summed E-state index contributed by atoms with van der Waals surface area (Å²) in [5.74, 6) is 0. The summed E-state index contributed by atoms with van der Waals surface area (Å²) in [5.41, 5.74) is 22.3. The maximum atomic E-state index is 4.88. The maximum Gasteiger partial charge on any atom is 0.0715 e. The minimum Gasteiger partial charge on any atom is -0.309 e. The Morgan fingerprint density at radius 3 is 0.876 bits per heavy atom. The van der Waals surface area contributed by atoms with Gasteiger partial charge in [0.15, 0.2) is 0 Å². The van der Waals surface area contributed by atoms with Gasteiger partial charge in [0.05, 0.1) is 52.7 Å². The van der Waals surface area contributed by atoms with Crippen LogP contribution in [-0.2, 0) is 0 Å². The largest absolute Gasteiger partial charge is 0.309 e. The van der Waals surface area contributed by atoms with E-state index in [1.807, 2.05) is 52.6 Å². The van der Waals surface area contributed by atoms with Crippen LogP contribution in [0, 0.1) is 0 Å². The second-order valence-corrected chi connectivity index (χ2v) is 37.2. The molecule has 29 rings (SSSR count). The molecule has 5 nitrogen and oxygen atoms in total. The van der Waals surface area contributed by atoms with Crippen molar-refractivity contribution < 1.29 is 0 Å². The van der Waals surface area contributed by atoms with Crippen LogP contribution in [0.3, 0.4) is 0 Å². The molecule has 8 heteroatoms. The van der Waals surface area contributed by atoms with Gasteiger partial charge in [0.25, 0.3) is 0 Å². The van der Waals surface area contributed by atoms with Crippen molar-refractivity contribution in [2.45, 2.75) is 0 Å². The lowest BCUT2D eigenvalue weighted by Crippen LogP contribution is -1.96. The van der Waals surface area contributed by atoms with Crippen LogP contribution in [-0.4, -0.2) is 24.1 Å². The van der Waals surface area contributed by atoms with Gasteiger partial charge in [-0.05, 0) is 223 Å². The molecule has 0 aliphatic carbocycles. The third-order valence-electron chi connectivity index (χ3n) is 26.9. The molecule has 0 unspecified atom stereocenters. The van der Waals surface area contributed by atoms with E-state index in [9.17, 15) is 0 Å². The quantitative estimate of drug-likeness (QED) is 0.149. The molecule has 0 fully saturated rings. The lowest BCUT2D eigenvalue weighted by Gasteiger charge is -2.13. The van der Waals surface area contributed by atoms with Gasteiger partial charge >= 0.3 is 0 Å². The molecular formula is C121H71N5S3. The van der Waals surface area contributed by atoms with E-state index in [4.69, 9.17) is 15.0 Å². The van der Waals surface area contributed by atoms with Gasteiger partial charge in [-0.1, -0.05) is 309 Å². The van der Waals surface area contributed by atoms with Crippen LogP contribution in [0.4, 0.5) is 0 Å². The maximum absolute atomic E-state index is 4.88. The molecule has 8 aromatic heterocycles. The number of fused-ring (bicyclic) bond motifs is 27. The molecule has 0 amide bonds. The SMILES string of the molecule is c1cc2ccc3cc(-c4ccc(-c5ccc6c(c5)ncc5sc7ccccc7c56)cc4)cc4ccc(c1)c2c34.c1ccc2c(c1)sc1cnc3cc(-c4ccc(-c5ccc6c7ccccc7c7ccccc7c6c5)cc4)ccc3c12.c1ccc2c(c1)sc1cnc3cc(-c4ccc(-n5c6ccccc6c6cc(-n7c8ccccc8c8ccccc87)ccc65)cc4)ccc3c12. The molecule has 0 spiro atoms. The summed E-state index contributed by atoms with van der Waals surface area (Å²) in [7, 11) is 0. The van der Waals surface area contributed by atoms with Gasteiger partial charge in [0.2, 0.25) is 0 Å². The Kier molecular flexibility index (Phi) is 16.6. The van der Waals surface area contributed by atoms with E-state index < -0.39 is 0 Å². The zero-order valence-electron chi connectivity index (χ0n) is 69.5. The molecule has 0 atom stereocenters. The van der Waals surface area contributed by atoms with Gasteiger partial charge in [0.1, 0.15) is 0 Å². The second-order valence-electron chi connectivity index (χ2n) is 34.0. The van der Waals surface area contributed by atoms with Crippen LogP contribution in [0.5, 0.6) is 0 Å². The van der Waals surface area contributed by atoms with Gasteiger partial charge in [-0.25, -0.2) is 0 Å². The van der Waals surface area contributed by atoms with Gasteiger partial charge in [-0.3, -0.25) is 15.0 Å². The number of aromatic nitrogens is 5. The first kappa shape index (κ1) is 73.3. The molecule has 0 aliphatic rings. The third-order valence-corrected chi connectivity index (χ3v) is 30.2. The number of para-hydroxylation sites is 3. The van der Waals surface area contributed by atoms with E-state index in [2.05, 4.69) is 422 Å². The minimum atomic E-state index is 1.03. The highest BCUT2D eigenvalue weighted by molar-refractivity contribution is 7.26. The van der Waals surface area contributed by atoms with Crippen LogP contribution < -0.4 is 0 Å². The van der Waals surface area contributed by atoms with Crippen LogP contribution in [0.25, 0.3) is 268 Å². The molecule has 8 heterocycles. The predicted octanol–water partition coefficient (Wildman–Crippen LogP) is 34.7. The van der Waals surface area contributed by atoms with Crippen molar-refractivity contribution in [1.82, 2.24) is 24.1 Å². The summed E-state index contributed by atoms with van der Waals surface area (Å²) in [6.45, 7) is 0. The predicted molar refractivity (Wildman–Crippen MR) is 556 cm³/mol. The number of rotatable bonds is 7. The highest BCUT2D eigenvalue weighted by Gasteiger charge is 2.21. The second kappa shape index (κ2) is 29.3. The molecule has 0 bridgehead atoms. The Bertz CT molecular complexity index is 9560. The van der Waals surface area contributed by atoms with E-state index in [1.165, 1.54) is 246 Å². The first-order valence-corrected chi connectivity index (χ1v) is 46.3. The molecule has 598 valence electrons. The number of thiophene rings is 3. The number of nitrogens with zero attached hydrogens (tertiary/aromatic N) is 5. The molecule has 0 N–H and O–H groups in total.